The van der Waals surface area contributed by atoms with E-state index >= 15 is 0 Å². The number of methoxy groups -OCH3 is 4. The van der Waals surface area contributed by atoms with Crippen LogP contribution in [0.25, 0.3) is 0 Å². The van der Waals surface area contributed by atoms with Gasteiger partial charge in [-0.3, -0.25) is 4.79 Å². The Kier molecular flexibility index (Phi) is 34.8. The molecule has 0 heterocycles. The molecule has 0 atom stereocenters. The van der Waals surface area contributed by atoms with Crippen molar-refractivity contribution in [2.24, 2.45) is 0 Å². The number of rotatable bonds is 29. The van der Waals surface area contributed by atoms with Crippen molar-refractivity contribution in [1.29, 1.82) is 0 Å². The molecule has 0 aliphatic rings. The lowest BCUT2D eigenvalue weighted by molar-refractivity contribution is -0.120. The fourth-order valence-corrected chi connectivity index (χ4v) is 9.67. The molecule has 0 fully saturated rings. The summed E-state index contributed by atoms with van der Waals surface area (Å²) in [7, 11) is 6.70. The fraction of sp³-hybridized carbons (Fsp3) is 0.525. The Balaban J connectivity index is 0.000000437. The maximum Gasteiger partial charge on any atom is 0.519 e. The second kappa shape index (κ2) is 39.3. The minimum Gasteiger partial charge on any atom is -0.497 e. The van der Waals surface area contributed by atoms with Crippen molar-refractivity contribution in [3.63, 3.8) is 0 Å². The van der Waals surface area contributed by atoms with Gasteiger partial charge in [0.2, 0.25) is 5.91 Å². The van der Waals surface area contributed by atoms with Crippen LogP contribution in [0, 0.1) is 0 Å². The molecule has 0 bridgehead atoms. The molecule has 0 aliphatic heterocycles. The van der Waals surface area contributed by atoms with Crippen molar-refractivity contribution >= 4 is 71.4 Å². The van der Waals surface area contributed by atoms with E-state index in [2.05, 4.69) is 69.2 Å². The Morgan fingerprint density at radius 3 is 1.09 bits per heavy atom. The van der Waals surface area contributed by atoms with E-state index in [0.717, 1.165) is 88.7 Å². The molecule has 0 aliphatic carbocycles. The third-order valence-corrected chi connectivity index (χ3v) is 14.2. The Hall–Kier alpha value is -5.12. The fourth-order valence-electron chi connectivity index (χ4n) is 6.21. The molecule has 0 radical (unpaired) electrons. The summed E-state index contributed by atoms with van der Waals surface area (Å²) >= 11 is 7.36. The van der Waals surface area contributed by atoms with Crippen molar-refractivity contribution in [1.82, 2.24) is 20.9 Å². The summed E-state index contributed by atoms with van der Waals surface area (Å²) < 4.78 is 40.2. The Morgan fingerprint density at radius 2 is 0.747 bits per heavy atom. The van der Waals surface area contributed by atoms with Gasteiger partial charge in [-0.15, -0.1) is 0 Å². The first-order chi connectivity index (χ1) is 37.5. The van der Waals surface area contributed by atoms with Crippen LogP contribution in [0.4, 0.5) is 14.4 Å². The average Bonchev–Trinajstić information content (AvgIpc) is 3.39. The van der Waals surface area contributed by atoms with Crippen LogP contribution in [-0.4, -0.2) is 143 Å². The maximum absolute atomic E-state index is 12.7. The number of nitrogens with zero attached hydrogens (tertiary/aromatic N) is 1. The van der Waals surface area contributed by atoms with Gasteiger partial charge in [0.05, 0.1) is 35.0 Å². The number of amides is 2. The van der Waals surface area contributed by atoms with Gasteiger partial charge in [-0.05, 0) is 133 Å². The third kappa shape index (κ3) is 36.7. The molecule has 4 aromatic carbocycles. The predicted octanol–water partition coefficient (Wildman–Crippen LogP) is 12.1. The van der Waals surface area contributed by atoms with Crippen LogP contribution in [0.1, 0.15) is 84.6 Å². The molecular weight excluding hydrogens is 1080 g/mol. The van der Waals surface area contributed by atoms with Gasteiger partial charge in [-0.2, -0.15) is 47.0 Å². The molecule has 0 spiro atoms. The summed E-state index contributed by atoms with van der Waals surface area (Å²) in [6, 6.07) is 32.5. The van der Waals surface area contributed by atoms with E-state index in [-0.39, 0.29) is 12.0 Å². The summed E-state index contributed by atoms with van der Waals surface area (Å²) in [6.07, 6.45) is -2.37. The molecule has 79 heavy (non-hydrogen) atoms. The largest absolute Gasteiger partial charge is 0.519 e. The van der Waals surface area contributed by atoms with E-state index in [9.17, 15) is 19.2 Å². The van der Waals surface area contributed by atoms with E-state index in [1.807, 2.05) is 121 Å². The van der Waals surface area contributed by atoms with Crippen LogP contribution in [-0.2, 0) is 46.8 Å². The highest BCUT2D eigenvalue weighted by Gasteiger charge is 2.25. The van der Waals surface area contributed by atoms with Gasteiger partial charge in [0.15, 0.2) is 0 Å². The lowest BCUT2D eigenvalue weighted by Gasteiger charge is -2.27. The van der Waals surface area contributed by atoms with Crippen molar-refractivity contribution in [3.05, 3.63) is 119 Å². The Bertz CT molecular complexity index is 2270. The highest BCUT2D eigenvalue weighted by molar-refractivity contribution is 7.99. The standard InChI is InChI=1S/C27H40N2O4S2.C22H30N2O3S2.C10H18O5/c1-27(2,3)33-26(30)29(17-19-35-21-23-8-12-25(32-5)13-9-23)16-14-28-15-18-34-20-22-6-10-24(31-4)11-7-22;1-26-20-7-3-18(4-8-20)16-28-13-11-23-15-22(25)24-12-14-29-17-19-5-9-21(27-2)10-6-19;1-9(2,3)14-7(11)13-8(12)15-10(4,5)6/h6-13,28H,14-21H2,1-5H3;3-10,23H,11-17H2,1-2H3,(H,24,25);1-6H3. The van der Waals surface area contributed by atoms with Crippen molar-refractivity contribution in [3.8, 4) is 23.0 Å². The second-order valence-corrected chi connectivity index (χ2v) is 24.8. The minimum atomic E-state index is -1.06. The number of ether oxygens (including phenoxy) is 8. The van der Waals surface area contributed by atoms with E-state index in [1.54, 1.807) is 70.0 Å². The number of carbonyl (C=O) groups excluding carboxylic acids is 4. The molecule has 16 nitrogen and oxygen atoms in total. The molecule has 0 aromatic heterocycles. The molecule has 440 valence electrons. The summed E-state index contributed by atoms with van der Waals surface area (Å²) in [4.78, 5) is 48.4. The summed E-state index contributed by atoms with van der Waals surface area (Å²) in [6.45, 7) is 20.5. The molecule has 0 saturated carbocycles. The lowest BCUT2D eigenvalue weighted by Crippen LogP contribution is -2.41. The highest BCUT2D eigenvalue weighted by Crippen LogP contribution is 2.21. The zero-order valence-corrected chi connectivity index (χ0v) is 52.1. The van der Waals surface area contributed by atoms with Gasteiger partial charge in [-0.1, -0.05) is 48.5 Å². The van der Waals surface area contributed by atoms with Crippen molar-refractivity contribution in [2.45, 2.75) is 102 Å². The molecule has 2 amide bonds. The third-order valence-electron chi connectivity index (χ3n) is 10.1. The predicted molar refractivity (Wildman–Crippen MR) is 327 cm³/mol. The first-order valence-electron chi connectivity index (χ1n) is 26.1. The molecule has 3 N–H and O–H groups in total. The van der Waals surface area contributed by atoms with Crippen LogP contribution in [0.15, 0.2) is 97.1 Å². The number of benzene rings is 4. The number of hydrogen-bond donors (Lipinski definition) is 3. The summed E-state index contributed by atoms with van der Waals surface area (Å²) in [5.74, 6) is 11.0. The van der Waals surface area contributed by atoms with Gasteiger partial charge in [-0.25, -0.2) is 14.4 Å². The highest BCUT2D eigenvalue weighted by atomic mass is 32.2. The Morgan fingerprint density at radius 1 is 0.418 bits per heavy atom. The van der Waals surface area contributed by atoms with Gasteiger partial charge >= 0.3 is 18.4 Å². The maximum atomic E-state index is 12.7. The van der Waals surface area contributed by atoms with Gasteiger partial charge < -0.3 is 58.7 Å². The number of thioether (sulfide) groups is 4. The molecule has 4 rings (SSSR count). The first-order valence-corrected chi connectivity index (χ1v) is 30.8. The van der Waals surface area contributed by atoms with E-state index < -0.39 is 29.1 Å². The first kappa shape index (κ1) is 70.0. The number of carbonyl (C=O) groups is 4. The molecular formula is C59H88N4O12S4. The van der Waals surface area contributed by atoms with Crippen molar-refractivity contribution < 1.29 is 57.1 Å². The monoisotopic (exact) mass is 1170 g/mol. The van der Waals surface area contributed by atoms with Crippen LogP contribution >= 0.6 is 47.0 Å². The van der Waals surface area contributed by atoms with Crippen LogP contribution in [0.5, 0.6) is 23.0 Å². The molecule has 0 saturated heterocycles. The van der Waals surface area contributed by atoms with Crippen LogP contribution < -0.4 is 34.9 Å². The number of hydrogen-bond acceptors (Lipinski definition) is 18. The molecule has 0 unspecified atom stereocenters. The van der Waals surface area contributed by atoms with E-state index in [4.69, 9.17) is 33.2 Å². The smallest absolute Gasteiger partial charge is 0.497 e. The lowest BCUT2D eigenvalue weighted by atomic mass is 10.2. The van der Waals surface area contributed by atoms with Crippen molar-refractivity contribution in [2.75, 3.05) is 97.3 Å². The van der Waals surface area contributed by atoms with E-state index in [0.29, 0.717) is 26.2 Å². The van der Waals surface area contributed by atoms with Crippen LogP contribution in [0.3, 0.4) is 0 Å². The minimum absolute atomic E-state index is 0.0511. The summed E-state index contributed by atoms with van der Waals surface area (Å²) in [5.41, 5.74) is 3.18. The molecule has 4 aromatic rings. The summed E-state index contributed by atoms with van der Waals surface area (Å²) in [5, 5.41) is 9.61. The topological polar surface area (TPSA) is 181 Å². The molecule has 20 heteroatoms. The zero-order chi connectivity index (χ0) is 58.5. The average molecular weight is 1170 g/mol. The second-order valence-electron chi connectivity index (χ2n) is 20.4. The Labute approximate surface area is 488 Å². The van der Waals surface area contributed by atoms with Gasteiger partial charge in [0.25, 0.3) is 0 Å². The quantitative estimate of drug-likeness (QED) is 0.0202. The van der Waals surface area contributed by atoms with Gasteiger partial charge in [0.1, 0.15) is 39.8 Å². The number of nitrogens with one attached hydrogen (secondary N) is 3. The zero-order valence-electron chi connectivity index (χ0n) is 48.8. The SMILES string of the molecule is CC(C)(C)OC(=O)OC(=O)OC(C)(C)C.COc1ccc(CSCCNCC(=O)NCCSCc2ccc(OC)cc2)cc1.COc1ccc(CSCCNCCN(CCSCc2ccc(OC)cc2)C(=O)OC(C)(C)C)cc1. The normalized spacial score (nSPS) is 11.1. The van der Waals surface area contributed by atoms with Gasteiger partial charge in [0, 0.05) is 85.3 Å². The van der Waals surface area contributed by atoms with Crippen LogP contribution in [0.2, 0.25) is 0 Å². The van der Waals surface area contributed by atoms with E-state index in [1.165, 1.54) is 22.3 Å².